The predicted octanol–water partition coefficient (Wildman–Crippen LogP) is 7.14. The minimum atomic E-state index is -0.634. The predicted molar refractivity (Wildman–Crippen MR) is 216 cm³/mol. The van der Waals surface area contributed by atoms with E-state index in [1.54, 1.807) is 32.6 Å². The molecule has 4 aromatic rings. The number of amides is 2. The van der Waals surface area contributed by atoms with E-state index >= 15 is 0 Å². The molecule has 2 saturated carbocycles. The number of imidazole rings is 1. The van der Waals surface area contributed by atoms with Gasteiger partial charge in [0.05, 0.1) is 61.4 Å². The Balaban J connectivity index is 0.893. The van der Waals surface area contributed by atoms with Crippen LogP contribution in [-0.2, 0) is 23.9 Å². The third-order valence-electron chi connectivity index (χ3n) is 12.8. The van der Waals surface area contributed by atoms with Crippen molar-refractivity contribution in [3.05, 3.63) is 96.6 Å². The van der Waals surface area contributed by atoms with Crippen LogP contribution in [0.2, 0.25) is 0 Å². The number of aliphatic imine (C=N–C) groups is 1. The number of rotatable bonds is 13. The molecule has 2 aliphatic heterocycles. The molecule has 3 unspecified atom stereocenters. The standard InChI is InChI=1S/C45H51N7O5/c1-26(37-24-46-17-18-47-37)50-44(54)42-33-16-15-32(20-33)41(42)36-21-34(23-48-36)30-9-7-28(8-10-30)29-11-13-31(14-12-29)38-25-49-43(51-38)39-6-5-19-52(39)45(55)35(27(2)56-3)22-40(53)57-4/h7-14,17-18,23-27,32-33,35,39,41-42H,5-6,15-16,19-22H2,1-4H3,(H,49,51)(H,50,54)/t26?,27-,32?,33?,35+,39+,41-,42+/m1/s1. The molecular formula is C45H51N7O5. The average Bonchev–Trinajstić information content (AvgIpc) is 4.11. The van der Waals surface area contributed by atoms with E-state index in [0.29, 0.717) is 18.4 Å². The number of aromatic amines is 1. The number of nitrogens with zero attached hydrogens (tertiary/aromatic N) is 5. The van der Waals surface area contributed by atoms with Gasteiger partial charge in [-0.25, -0.2) is 4.98 Å². The van der Waals surface area contributed by atoms with Gasteiger partial charge in [-0.2, -0.15) is 0 Å². The number of hydrogen-bond acceptors (Lipinski definition) is 9. The average molecular weight is 770 g/mol. The molecule has 4 aliphatic rings. The first kappa shape index (κ1) is 38.4. The number of fused-ring (bicyclic) bond motifs is 2. The van der Waals surface area contributed by atoms with Crippen molar-refractivity contribution in [1.29, 1.82) is 0 Å². The summed E-state index contributed by atoms with van der Waals surface area (Å²) in [5.41, 5.74) is 8.33. The third-order valence-corrected chi connectivity index (χ3v) is 12.8. The molecule has 296 valence electrons. The molecule has 8 atom stereocenters. The Labute approximate surface area is 333 Å². The quantitative estimate of drug-likeness (QED) is 0.136. The molecule has 12 nitrogen and oxygen atoms in total. The van der Waals surface area contributed by atoms with Gasteiger partial charge in [-0.05, 0) is 85.6 Å². The van der Waals surface area contributed by atoms with Crippen molar-refractivity contribution in [3.8, 4) is 22.4 Å². The van der Waals surface area contributed by atoms with E-state index in [1.807, 2.05) is 24.2 Å². The number of carbonyl (C=O) groups excluding carboxylic acids is 3. The minimum Gasteiger partial charge on any atom is -0.469 e. The maximum Gasteiger partial charge on any atom is 0.306 e. The van der Waals surface area contributed by atoms with Crippen molar-refractivity contribution in [2.45, 2.75) is 77.0 Å². The molecule has 2 bridgehead atoms. The fourth-order valence-electron chi connectivity index (χ4n) is 9.67. The van der Waals surface area contributed by atoms with Crippen molar-refractivity contribution in [2.75, 3.05) is 20.8 Å². The molecule has 2 aromatic heterocycles. The monoisotopic (exact) mass is 769 g/mol. The first-order chi connectivity index (χ1) is 27.7. The van der Waals surface area contributed by atoms with Crippen LogP contribution in [0.3, 0.4) is 0 Å². The van der Waals surface area contributed by atoms with E-state index in [9.17, 15) is 14.4 Å². The number of benzene rings is 2. The highest BCUT2D eigenvalue weighted by Gasteiger charge is 2.53. The SMILES string of the molecule is COC(=O)C[C@H](C(=O)N1CCC[C@H]1c1ncc(-c2ccc(-c3ccc(C4=CN=C([C@H]5C6CCC(C6)[C@@H]5C(=O)NC(C)c5cnccn5)C4)cc3)cc2)[nH]1)[C@@H](C)OC. The Morgan fingerprint density at radius 2 is 1.61 bits per heavy atom. The zero-order valence-electron chi connectivity index (χ0n) is 33.1. The minimum absolute atomic E-state index is 0.0329. The van der Waals surface area contributed by atoms with Crippen LogP contribution in [0.4, 0.5) is 0 Å². The summed E-state index contributed by atoms with van der Waals surface area (Å²) < 4.78 is 10.3. The number of likely N-dealkylation sites (tertiary alicyclic amines) is 1. The lowest BCUT2D eigenvalue weighted by molar-refractivity contribution is -0.151. The Kier molecular flexibility index (Phi) is 11.1. The van der Waals surface area contributed by atoms with Crippen LogP contribution < -0.4 is 5.32 Å². The van der Waals surface area contributed by atoms with Gasteiger partial charge in [-0.15, -0.1) is 0 Å². The molecule has 57 heavy (non-hydrogen) atoms. The second-order valence-corrected chi connectivity index (χ2v) is 16.1. The smallest absolute Gasteiger partial charge is 0.306 e. The van der Waals surface area contributed by atoms with Gasteiger partial charge in [-0.3, -0.25) is 29.3 Å². The number of H-pyrrole nitrogens is 1. The van der Waals surface area contributed by atoms with Gasteiger partial charge >= 0.3 is 5.97 Å². The van der Waals surface area contributed by atoms with E-state index < -0.39 is 18.0 Å². The highest BCUT2D eigenvalue weighted by molar-refractivity contribution is 6.02. The number of ether oxygens (including phenoxy) is 2. The van der Waals surface area contributed by atoms with E-state index in [4.69, 9.17) is 19.5 Å². The topological polar surface area (TPSA) is 152 Å². The van der Waals surface area contributed by atoms with Gasteiger partial charge in [0.1, 0.15) is 5.82 Å². The highest BCUT2D eigenvalue weighted by Crippen LogP contribution is 2.54. The van der Waals surface area contributed by atoms with Crippen LogP contribution in [0.15, 0.2) is 84.5 Å². The molecule has 1 saturated heterocycles. The summed E-state index contributed by atoms with van der Waals surface area (Å²) in [6, 6.07) is 16.6. The van der Waals surface area contributed by atoms with Gasteiger partial charge in [-0.1, -0.05) is 48.5 Å². The molecule has 2 aromatic carbocycles. The Morgan fingerprint density at radius 3 is 2.32 bits per heavy atom. The summed E-state index contributed by atoms with van der Waals surface area (Å²) in [7, 11) is 2.88. The van der Waals surface area contributed by atoms with Gasteiger partial charge in [0.2, 0.25) is 11.8 Å². The van der Waals surface area contributed by atoms with Gasteiger partial charge < -0.3 is 24.7 Å². The van der Waals surface area contributed by atoms with Crippen LogP contribution >= 0.6 is 0 Å². The van der Waals surface area contributed by atoms with Crippen molar-refractivity contribution in [2.24, 2.45) is 34.6 Å². The summed E-state index contributed by atoms with van der Waals surface area (Å²) in [4.78, 5) is 63.1. The lowest BCUT2D eigenvalue weighted by Gasteiger charge is -2.31. The zero-order valence-corrected chi connectivity index (χ0v) is 33.1. The molecule has 2 amide bonds. The number of carbonyl (C=O) groups is 3. The highest BCUT2D eigenvalue weighted by atomic mass is 16.5. The van der Waals surface area contributed by atoms with Gasteiger partial charge in [0, 0.05) is 56.2 Å². The Morgan fingerprint density at radius 1 is 0.895 bits per heavy atom. The molecule has 0 spiro atoms. The molecule has 4 heterocycles. The molecule has 2 aliphatic carbocycles. The molecule has 8 rings (SSSR count). The maximum atomic E-state index is 13.7. The first-order valence-electron chi connectivity index (χ1n) is 20.2. The summed E-state index contributed by atoms with van der Waals surface area (Å²) >= 11 is 0. The van der Waals surface area contributed by atoms with E-state index in [0.717, 1.165) is 83.7 Å². The van der Waals surface area contributed by atoms with Gasteiger partial charge in [0.15, 0.2) is 0 Å². The van der Waals surface area contributed by atoms with E-state index in [1.165, 1.54) is 12.7 Å². The number of allylic oxidation sites excluding steroid dienone is 1. The Bertz CT molecular complexity index is 2150. The van der Waals surface area contributed by atoms with Crippen LogP contribution in [-0.4, -0.2) is 75.2 Å². The second-order valence-electron chi connectivity index (χ2n) is 16.1. The van der Waals surface area contributed by atoms with Crippen LogP contribution in [0.1, 0.15) is 88.0 Å². The third kappa shape index (κ3) is 7.79. The lowest BCUT2D eigenvalue weighted by Crippen LogP contribution is -2.42. The molecule has 2 N–H and O–H groups in total. The summed E-state index contributed by atoms with van der Waals surface area (Å²) in [6.07, 6.45) is 14.2. The maximum absolute atomic E-state index is 13.7. The largest absolute Gasteiger partial charge is 0.469 e. The zero-order chi connectivity index (χ0) is 39.6. The number of esters is 1. The summed E-state index contributed by atoms with van der Waals surface area (Å²) in [6.45, 7) is 4.37. The lowest BCUT2D eigenvalue weighted by atomic mass is 9.74. The molecular weight excluding hydrogens is 719 g/mol. The molecule has 0 radical (unpaired) electrons. The normalized spacial score (nSPS) is 24.1. The van der Waals surface area contributed by atoms with Crippen LogP contribution in [0.5, 0.6) is 0 Å². The van der Waals surface area contributed by atoms with E-state index in [-0.39, 0.29) is 42.2 Å². The summed E-state index contributed by atoms with van der Waals surface area (Å²) in [5.74, 6) is 0.673. The fraction of sp³-hybridized carbons (Fsp3) is 0.444. The molecule has 12 heteroatoms. The second kappa shape index (κ2) is 16.5. The fourth-order valence-corrected chi connectivity index (χ4v) is 9.67. The molecule has 3 fully saturated rings. The number of hydrogen-bond donors (Lipinski definition) is 2. The van der Waals surface area contributed by atoms with Crippen molar-refractivity contribution in [1.82, 2.24) is 30.2 Å². The van der Waals surface area contributed by atoms with Crippen molar-refractivity contribution < 1.29 is 23.9 Å². The number of aromatic nitrogens is 4. The van der Waals surface area contributed by atoms with Crippen molar-refractivity contribution in [3.63, 3.8) is 0 Å². The first-order valence-corrected chi connectivity index (χ1v) is 20.2. The van der Waals surface area contributed by atoms with Crippen LogP contribution in [0.25, 0.3) is 28.0 Å². The van der Waals surface area contributed by atoms with Gasteiger partial charge in [0.25, 0.3) is 0 Å². The van der Waals surface area contributed by atoms with Crippen molar-refractivity contribution >= 4 is 29.1 Å². The van der Waals surface area contributed by atoms with Crippen LogP contribution in [0, 0.1) is 29.6 Å². The number of methoxy groups -OCH3 is 2. The summed E-state index contributed by atoms with van der Waals surface area (Å²) in [5, 5.41) is 3.24. The Hall–Kier alpha value is -5.49. The van der Waals surface area contributed by atoms with E-state index in [2.05, 4.69) is 68.8 Å². The number of nitrogens with one attached hydrogen (secondary N) is 2.